The molecule has 0 spiro atoms. The summed E-state index contributed by atoms with van der Waals surface area (Å²) in [6, 6.07) is 12.6. The average Bonchev–Trinajstić information content (AvgIpc) is 2.69. The van der Waals surface area contributed by atoms with Crippen LogP contribution in [0.4, 0.5) is 0 Å². The Morgan fingerprint density at radius 1 is 1.11 bits per heavy atom. The third-order valence-corrected chi connectivity index (χ3v) is 4.90. The van der Waals surface area contributed by atoms with Crippen LogP contribution in [0.15, 0.2) is 48.2 Å². The Bertz CT molecular complexity index is 833. The van der Waals surface area contributed by atoms with Crippen LogP contribution in [0.2, 0.25) is 5.02 Å². The van der Waals surface area contributed by atoms with Gasteiger partial charge in [-0.25, -0.2) is 0 Å². The van der Waals surface area contributed by atoms with Crippen LogP contribution < -0.4 is 4.74 Å². The molecular formula is C20H21ClO6. The van der Waals surface area contributed by atoms with Gasteiger partial charge in [-0.3, -0.25) is 0 Å². The summed E-state index contributed by atoms with van der Waals surface area (Å²) in [5.74, 6) is 0.288. The third kappa shape index (κ3) is 4.04. The second kappa shape index (κ2) is 8.19. The fourth-order valence-corrected chi connectivity index (χ4v) is 3.14. The monoisotopic (exact) mass is 392 g/mol. The van der Waals surface area contributed by atoms with Crippen molar-refractivity contribution < 1.29 is 29.9 Å². The van der Waals surface area contributed by atoms with Gasteiger partial charge in [-0.2, -0.15) is 0 Å². The van der Waals surface area contributed by atoms with Gasteiger partial charge in [-0.15, -0.1) is 0 Å². The summed E-state index contributed by atoms with van der Waals surface area (Å²) >= 11 is 6.31. The Balaban J connectivity index is 1.92. The van der Waals surface area contributed by atoms with Crippen LogP contribution in [0, 0.1) is 0 Å². The molecule has 0 aliphatic carbocycles. The molecule has 144 valence electrons. The standard InChI is InChI=1S/C20H21ClO6/c1-26-14-5-2-11(3-6-14)8-13-9-12(4-7-15(13)21)20-19(25)18(24)17(23)16(10-22)27-20/h2-7,9,16-18,22-25H,8,10H2,1H3/t16?,17-,18?/m1/s1. The van der Waals surface area contributed by atoms with Crippen molar-refractivity contribution in [1.82, 2.24) is 0 Å². The van der Waals surface area contributed by atoms with Crippen molar-refractivity contribution in [3.8, 4) is 5.75 Å². The van der Waals surface area contributed by atoms with Crippen molar-refractivity contribution in [3.05, 3.63) is 69.9 Å². The molecule has 0 saturated heterocycles. The van der Waals surface area contributed by atoms with Gasteiger partial charge in [0, 0.05) is 10.6 Å². The van der Waals surface area contributed by atoms with Gasteiger partial charge in [0.15, 0.2) is 17.6 Å². The fraction of sp³-hybridized carbons (Fsp3) is 0.300. The lowest BCUT2D eigenvalue weighted by Gasteiger charge is -2.33. The summed E-state index contributed by atoms with van der Waals surface area (Å²) in [6.45, 7) is -0.499. The van der Waals surface area contributed by atoms with E-state index >= 15 is 0 Å². The van der Waals surface area contributed by atoms with E-state index in [1.165, 1.54) is 0 Å². The second-order valence-corrected chi connectivity index (χ2v) is 6.73. The van der Waals surface area contributed by atoms with Gasteiger partial charge in [0.2, 0.25) is 0 Å². The first kappa shape index (κ1) is 19.5. The van der Waals surface area contributed by atoms with Gasteiger partial charge in [0.1, 0.15) is 18.0 Å². The molecule has 2 aromatic carbocycles. The Morgan fingerprint density at radius 2 is 1.81 bits per heavy atom. The Morgan fingerprint density at radius 3 is 2.44 bits per heavy atom. The van der Waals surface area contributed by atoms with Gasteiger partial charge < -0.3 is 29.9 Å². The molecule has 7 heteroatoms. The highest BCUT2D eigenvalue weighted by Gasteiger charge is 2.38. The lowest BCUT2D eigenvalue weighted by atomic mass is 9.97. The SMILES string of the molecule is COc1ccc(Cc2cc(C3=C(O)C(O)[C@H](O)C(CO)O3)ccc2Cl)cc1. The van der Waals surface area contributed by atoms with Crippen LogP contribution in [0.5, 0.6) is 5.75 Å². The number of hydrogen-bond acceptors (Lipinski definition) is 6. The van der Waals surface area contributed by atoms with Crippen LogP contribution >= 0.6 is 11.6 Å². The molecule has 27 heavy (non-hydrogen) atoms. The largest absolute Gasteiger partial charge is 0.506 e. The minimum atomic E-state index is -1.54. The number of aliphatic hydroxyl groups excluding tert-OH is 4. The molecule has 3 atom stereocenters. The van der Waals surface area contributed by atoms with Crippen molar-refractivity contribution >= 4 is 17.4 Å². The number of aliphatic hydroxyl groups is 4. The minimum Gasteiger partial charge on any atom is -0.506 e. The Kier molecular flexibility index (Phi) is 5.92. The van der Waals surface area contributed by atoms with Crippen molar-refractivity contribution in [2.75, 3.05) is 13.7 Å². The molecule has 0 fully saturated rings. The smallest absolute Gasteiger partial charge is 0.167 e. The number of halogens is 1. The molecule has 2 unspecified atom stereocenters. The number of benzene rings is 2. The molecule has 0 bridgehead atoms. The van der Waals surface area contributed by atoms with Gasteiger partial charge in [0.25, 0.3) is 0 Å². The summed E-state index contributed by atoms with van der Waals surface area (Å²) in [7, 11) is 1.60. The highest BCUT2D eigenvalue weighted by Crippen LogP contribution is 2.32. The quantitative estimate of drug-likeness (QED) is 0.623. The summed E-state index contributed by atoms with van der Waals surface area (Å²) < 4.78 is 10.7. The molecule has 0 aromatic heterocycles. The van der Waals surface area contributed by atoms with E-state index in [0.717, 1.165) is 16.9 Å². The zero-order valence-corrected chi connectivity index (χ0v) is 15.4. The molecule has 1 aliphatic rings. The molecule has 2 aromatic rings. The Labute approximate surface area is 161 Å². The molecule has 0 saturated carbocycles. The highest BCUT2D eigenvalue weighted by atomic mass is 35.5. The predicted octanol–water partition coefficient (Wildman–Crippen LogP) is 2.28. The second-order valence-electron chi connectivity index (χ2n) is 6.32. The van der Waals surface area contributed by atoms with Crippen LogP contribution in [-0.2, 0) is 11.2 Å². The molecule has 4 N–H and O–H groups in total. The fourth-order valence-electron chi connectivity index (χ4n) is 2.96. The van der Waals surface area contributed by atoms with Gasteiger partial charge >= 0.3 is 0 Å². The summed E-state index contributed by atoms with van der Waals surface area (Å²) in [4.78, 5) is 0. The molecule has 1 aliphatic heterocycles. The van der Waals surface area contributed by atoms with E-state index in [1.54, 1.807) is 25.3 Å². The van der Waals surface area contributed by atoms with Gasteiger partial charge in [-0.1, -0.05) is 23.7 Å². The first-order valence-electron chi connectivity index (χ1n) is 8.43. The number of ether oxygens (including phenoxy) is 2. The summed E-state index contributed by atoms with van der Waals surface area (Å²) in [5, 5.41) is 39.9. The van der Waals surface area contributed by atoms with E-state index in [4.69, 9.17) is 21.1 Å². The van der Waals surface area contributed by atoms with Crippen LogP contribution in [0.25, 0.3) is 5.76 Å². The van der Waals surface area contributed by atoms with Crippen molar-refractivity contribution in [1.29, 1.82) is 0 Å². The number of methoxy groups -OCH3 is 1. The zero-order valence-electron chi connectivity index (χ0n) is 14.7. The zero-order chi connectivity index (χ0) is 19.6. The maximum absolute atomic E-state index is 10.2. The maximum atomic E-state index is 10.2. The van der Waals surface area contributed by atoms with E-state index in [1.807, 2.05) is 24.3 Å². The van der Waals surface area contributed by atoms with Crippen molar-refractivity contribution in [3.63, 3.8) is 0 Å². The number of hydrogen-bond donors (Lipinski definition) is 4. The molecule has 3 rings (SSSR count). The summed E-state index contributed by atoms with van der Waals surface area (Å²) in [6.07, 6.45) is -3.44. The van der Waals surface area contributed by atoms with Gasteiger partial charge in [0.05, 0.1) is 13.7 Å². The van der Waals surface area contributed by atoms with Gasteiger partial charge in [-0.05, 0) is 47.9 Å². The molecule has 1 heterocycles. The minimum absolute atomic E-state index is 0.0134. The molecule has 0 amide bonds. The normalized spacial score (nSPS) is 22.5. The first-order valence-corrected chi connectivity index (χ1v) is 8.81. The average molecular weight is 393 g/mol. The Hall–Kier alpha value is -2.25. The van der Waals surface area contributed by atoms with E-state index in [-0.39, 0.29) is 5.76 Å². The topological polar surface area (TPSA) is 99.4 Å². The van der Waals surface area contributed by atoms with E-state index in [0.29, 0.717) is 17.0 Å². The number of rotatable bonds is 5. The highest BCUT2D eigenvalue weighted by molar-refractivity contribution is 6.31. The molecule has 6 nitrogen and oxygen atoms in total. The van der Waals surface area contributed by atoms with Crippen molar-refractivity contribution in [2.24, 2.45) is 0 Å². The van der Waals surface area contributed by atoms with E-state index in [2.05, 4.69) is 0 Å². The van der Waals surface area contributed by atoms with Crippen LogP contribution in [0.3, 0.4) is 0 Å². The molecular weight excluding hydrogens is 372 g/mol. The van der Waals surface area contributed by atoms with E-state index < -0.39 is 30.7 Å². The van der Waals surface area contributed by atoms with Crippen molar-refractivity contribution in [2.45, 2.75) is 24.7 Å². The van der Waals surface area contributed by atoms with E-state index in [9.17, 15) is 20.4 Å². The third-order valence-electron chi connectivity index (χ3n) is 4.53. The summed E-state index contributed by atoms with van der Waals surface area (Å²) in [5.41, 5.74) is 2.30. The lowest BCUT2D eigenvalue weighted by Crippen LogP contribution is -2.45. The van der Waals surface area contributed by atoms with Crippen LogP contribution in [0.1, 0.15) is 16.7 Å². The first-order chi connectivity index (χ1) is 12.9. The lowest BCUT2D eigenvalue weighted by molar-refractivity contribution is -0.0915. The predicted molar refractivity (Wildman–Crippen MR) is 101 cm³/mol. The van der Waals surface area contributed by atoms with Crippen LogP contribution in [-0.4, -0.2) is 52.5 Å². The maximum Gasteiger partial charge on any atom is 0.167 e. The molecule has 0 radical (unpaired) electrons.